The molecule has 8 nitrogen and oxygen atoms in total. The molecule has 0 fully saturated rings. The molecule has 24 heavy (non-hydrogen) atoms. The third kappa shape index (κ3) is 4.59. The molecule has 0 aromatic heterocycles. The van der Waals surface area contributed by atoms with Crippen LogP contribution in [0.1, 0.15) is 40.2 Å². The second-order valence-corrected chi connectivity index (χ2v) is 6.02. The molecule has 0 aliphatic rings. The standard InChI is InChI=1S/C16H22N4O4/c1-6-18(7-2)14-10-13(9-8-12(14)11-17)19(20(22)23)15(21)24-16(3,4)5/h8-10H,6-7H2,1-5H3. The summed E-state index contributed by atoms with van der Waals surface area (Å²) in [4.78, 5) is 25.4. The van der Waals surface area contributed by atoms with E-state index in [1.807, 2.05) is 18.7 Å². The number of hydrazine groups is 1. The first-order chi connectivity index (χ1) is 11.1. The number of hydrogen-bond donors (Lipinski definition) is 0. The number of nitriles is 1. The van der Waals surface area contributed by atoms with Gasteiger partial charge in [0.25, 0.3) is 0 Å². The van der Waals surface area contributed by atoms with E-state index in [-0.39, 0.29) is 5.69 Å². The Kier molecular flexibility index (Phi) is 6.12. The maximum atomic E-state index is 12.2. The largest absolute Gasteiger partial charge is 0.473 e. The topological polar surface area (TPSA) is 99.7 Å². The van der Waals surface area contributed by atoms with E-state index in [1.165, 1.54) is 18.2 Å². The summed E-state index contributed by atoms with van der Waals surface area (Å²) in [7, 11) is 0. The monoisotopic (exact) mass is 334 g/mol. The number of carbonyl (C=O) groups excluding carboxylic acids is 1. The first kappa shape index (κ1) is 19.2. The summed E-state index contributed by atoms with van der Waals surface area (Å²) < 4.78 is 5.09. The Hall–Kier alpha value is -2.82. The molecule has 0 aliphatic carbocycles. The molecule has 1 aromatic carbocycles. The molecule has 0 unspecified atom stereocenters. The number of nitrogens with zero attached hydrogens (tertiary/aromatic N) is 4. The van der Waals surface area contributed by atoms with Crippen LogP contribution >= 0.6 is 0 Å². The minimum Gasteiger partial charge on any atom is -0.440 e. The zero-order valence-corrected chi connectivity index (χ0v) is 14.6. The Labute approximate surface area is 141 Å². The van der Waals surface area contributed by atoms with Gasteiger partial charge in [-0.2, -0.15) is 5.26 Å². The van der Waals surface area contributed by atoms with Gasteiger partial charge in [-0.1, -0.05) is 0 Å². The van der Waals surface area contributed by atoms with Crippen molar-refractivity contribution in [1.29, 1.82) is 5.26 Å². The second kappa shape index (κ2) is 7.64. The van der Waals surface area contributed by atoms with Crippen LogP contribution in [0.5, 0.6) is 0 Å². The number of amides is 1. The molecule has 0 saturated heterocycles. The fourth-order valence-corrected chi connectivity index (χ4v) is 2.14. The quantitative estimate of drug-likeness (QED) is 0.605. The maximum absolute atomic E-state index is 12.2. The van der Waals surface area contributed by atoms with Gasteiger partial charge in [-0.25, -0.2) is 14.9 Å². The van der Waals surface area contributed by atoms with Gasteiger partial charge in [-0.05, 0) is 52.8 Å². The van der Waals surface area contributed by atoms with Crippen molar-refractivity contribution in [3.63, 3.8) is 0 Å². The van der Waals surface area contributed by atoms with E-state index >= 15 is 0 Å². The number of anilines is 2. The molecule has 0 atom stereocenters. The Balaban J connectivity index is 3.36. The molecule has 0 aliphatic heterocycles. The van der Waals surface area contributed by atoms with Crippen molar-refractivity contribution in [2.45, 2.75) is 40.2 Å². The van der Waals surface area contributed by atoms with Crippen molar-refractivity contribution in [2.75, 3.05) is 23.0 Å². The van der Waals surface area contributed by atoms with Crippen LogP contribution in [0.4, 0.5) is 16.2 Å². The van der Waals surface area contributed by atoms with Gasteiger partial charge in [0.1, 0.15) is 17.4 Å². The molecule has 8 heteroatoms. The molecule has 0 N–H and O–H groups in total. The zero-order valence-electron chi connectivity index (χ0n) is 14.6. The number of carbonyl (C=O) groups is 1. The SMILES string of the molecule is CCN(CC)c1cc(N(C(=O)OC(C)(C)C)[N+](=O)[O-])ccc1C#N. The van der Waals surface area contributed by atoms with Crippen LogP contribution in [0.3, 0.4) is 0 Å². The fourth-order valence-electron chi connectivity index (χ4n) is 2.14. The lowest BCUT2D eigenvalue weighted by atomic mass is 10.1. The summed E-state index contributed by atoms with van der Waals surface area (Å²) in [6.45, 7) is 9.96. The molecule has 1 aromatic rings. The van der Waals surface area contributed by atoms with Crippen LogP contribution in [0.15, 0.2) is 18.2 Å². The number of rotatable bonds is 5. The third-order valence-corrected chi connectivity index (χ3v) is 3.18. The highest BCUT2D eigenvalue weighted by atomic mass is 16.7. The van der Waals surface area contributed by atoms with Gasteiger partial charge in [0.05, 0.1) is 11.3 Å². The van der Waals surface area contributed by atoms with Gasteiger partial charge in [-0.15, -0.1) is 0 Å². The molecule has 1 rings (SSSR count). The van der Waals surface area contributed by atoms with Crippen LogP contribution in [-0.2, 0) is 4.74 Å². The molecule has 1 amide bonds. The highest BCUT2D eigenvalue weighted by Crippen LogP contribution is 2.28. The summed E-state index contributed by atoms with van der Waals surface area (Å²) in [6, 6.07) is 6.34. The van der Waals surface area contributed by atoms with Gasteiger partial charge in [0.15, 0.2) is 5.03 Å². The first-order valence-electron chi connectivity index (χ1n) is 7.61. The average molecular weight is 334 g/mol. The Morgan fingerprint density at radius 3 is 2.33 bits per heavy atom. The lowest BCUT2D eigenvalue weighted by Gasteiger charge is -2.24. The fraction of sp³-hybridized carbons (Fsp3) is 0.500. The molecule has 0 bridgehead atoms. The van der Waals surface area contributed by atoms with Crippen LogP contribution < -0.4 is 9.91 Å². The van der Waals surface area contributed by atoms with Crippen molar-refractivity contribution >= 4 is 17.5 Å². The van der Waals surface area contributed by atoms with Gasteiger partial charge in [0, 0.05) is 18.1 Å². The number of nitro groups is 1. The molecule has 0 spiro atoms. The highest BCUT2D eigenvalue weighted by molar-refractivity contribution is 5.86. The van der Waals surface area contributed by atoms with Crippen molar-refractivity contribution in [3.05, 3.63) is 33.9 Å². The van der Waals surface area contributed by atoms with Gasteiger partial charge < -0.3 is 9.64 Å². The first-order valence-corrected chi connectivity index (χ1v) is 7.61. The van der Waals surface area contributed by atoms with Crippen LogP contribution in [0.2, 0.25) is 0 Å². The highest BCUT2D eigenvalue weighted by Gasteiger charge is 2.32. The zero-order chi connectivity index (χ0) is 18.5. The molecular formula is C16H22N4O4. The van der Waals surface area contributed by atoms with E-state index < -0.39 is 16.7 Å². The van der Waals surface area contributed by atoms with Gasteiger partial charge in [-0.3, -0.25) is 0 Å². The Morgan fingerprint density at radius 1 is 1.33 bits per heavy atom. The molecule has 0 radical (unpaired) electrons. The number of ether oxygens (including phenoxy) is 1. The summed E-state index contributed by atoms with van der Waals surface area (Å²) in [5.74, 6) is 0. The smallest absolute Gasteiger partial charge is 0.440 e. The van der Waals surface area contributed by atoms with Crippen molar-refractivity contribution in [1.82, 2.24) is 0 Å². The maximum Gasteiger partial charge on any atom is 0.473 e. The number of hydrogen-bond acceptors (Lipinski definition) is 6. The van der Waals surface area contributed by atoms with Crippen molar-refractivity contribution in [3.8, 4) is 6.07 Å². The number of benzene rings is 1. The minimum absolute atomic E-state index is 0.0372. The molecule has 130 valence electrons. The Morgan fingerprint density at radius 2 is 1.92 bits per heavy atom. The van der Waals surface area contributed by atoms with Gasteiger partial charge in [0.2, 0.25) is 0 Å². The summed E-state index contributed by atoms with van der Waals surface area (Å²) in [6.07, 6.45) is -1.08. The van der Waals surface area contributed by atoms with Crippen molar-refractivity contribution < 1.29 is 14.6 Å². The van der Waals surface area contributed by atoms with E-state index in [0.717, 1.165) is 0 Å². The predicted molar refractivity (Wildman–Crippen MR) is 90.4 cm³/mol. The van der Waals surface area contributed by atoms with Crippen LogP contribution in [0.25, 0.3) is 0 Å². The van der Waals surface area contributed by atoms with E-state index in [4.69, 9.17) is 4.74 Å². The van der Waals surface area contributed by atoms with Gasteiger partial charge >= 0.3 is 6.09 Å². The molecule has 0 saturated carbocycles. The third-order valence-electron chi connectivity index (χ3n) is 3.18. The van der Waals surface area contributed by atoms with E-state index in [0.29, 0.717) is 29.3 Å². The second-order valence-electron chi connectivity index (χ2n) is 6.02. The van der Waals surface area contributed by atoms with Crippen LogP contribution in [-0.4, -0.2) is 29.8 Å². The molecule has 0 heterocycles. The van der Waals surface area contributed by atoms with Crippen molar-refractivity contribution in [2.24, 2.45) is 0 Å². The minimum atomic E-state index is -1.08. The molecular weight excluding hydrogens is 312 g/mol. The summed E-state index contributed by atoms with van der Waals surface area (Å²) in [5, 5.41) is 20.1. The lowest BCUT2D eigenvalue weighted by molar-refractivity contribution is -0.484. The van der Waals surface area contributed by atoms with E-state index in [2.05, 4.69) is 6.07 Å². The van der Waals surface area contributed by atoms with E-state index in [1.54, 1.807) is 20.8 Å². The Bertz CT molecular complexity index is 657. The summed E-state index contributed by atoms with van der Waals surface area (Å²) in [5.41, 5.74) is 0.0973. The lowest BCUT2D eigenvalue weighted by Crippen LogP contribution is -2.40. The average Bonchev–Trinajstić information content (AvgIpc) is 2.46. The predicted octanol–water partition coefficient (Wildman–Crippen LogP) is 3.34. The van der Waals surface area contributed by atoms with Crippen LogP contribution in [0, 0.1) is 21.4 Å². The normalized spacial score (nSPS) is 10.7. The summed E-state index contributed by atoms with van der Waals surface area (Å²) >= 11 is 0. The van der Waals surface area contributed by atoms with E-state index in [9.17, 15) is 20.2 Å².